The van der Waals surface area contributed by atoms with E-state index < -0.39 is 6.09 Å². The average Bonchev–Trinajstić information content (AvgIpc) is 2.90. The second kappa shape index (κ2) is 9.24. The van der Waals surface area contributed by atoms with Crippen LogP contribution in [0.15, 0.2) is 29.1 Å². The molecule has 1 fully saturated rings. The van der Waals surface area contributed by atoms with Crippen molar-refractivity contribution in [2.75, 3.05) is 26.2 Å². The number of hydrogen-bond donors (Lipinski definition) is 0. The van der Waals surface area contributed by atoms with Crippen molar-refractivity contribution in [2.24, 2.45) is 13.0 Å². The molecule has 0 atom stereocenters. The topological polar surface area (TPSA) is 56.5 Å². The van der Waals surface area contributed by atoms with E-state index in [0.29, 0.717) is 18.0 Å². The number of aromatic nitrogens is 2. The number of para-hydroxylation sites is 2. The number of halogens is 1. The molecule has 0 aliphatic carbocycles. The Bertz CT molecular complexity index is 791. The van der Waals surface area contributed by atoms with Crippen LogP contribution >= 0.6 is 12.4 Å². The smallest absolute Gasteiger partial charge is 0.422 e. The van der Waals surface area contributed by atoms with Gasteiger partial charge in [0, 0.05) is 7.05 Å². The third-order valence-electron chi connectivity index (χ3n) is 5.12. The predicted octanol–water partition coefficient (Wildman–Crippen LogP) is 3.26. The zero-order chi connectivity index (χ0) is 17.8. The molecule has 0 bridgehead atoms. The standard InChI is InChI=1S/C19H27N3O3.ClH/c1-3-4-11-21-12-9-15(10-13-21)14-25-19(24)22-17-8-6-5-7-16(17)20(2)18(22)23;/h5-8,15H,3-4,9-14H2,1-2H3;1H. The summed E-state index contributed by atoms with van der Waals surface area (Å²) in [6, 6.07) is 7.26. The van der Waals surface area contributed by atoms with Crippen LogP contribution in [0, 0.1) is 5.92 Å². The van der Waals surface area contributed by atoms with Crippen molar-refractivity contribution in [3.8, 4) is 0 Å². The Balaban J connectivity index is 0.00000243. The number of benzene rings is 1. The molecule has 7 heteroatoms. The average molecular weight is 382 g/mol. The first kappa shape index (κ1) is 20.5. The van der Waals surface area contributed by atoms with Crippen LogP contribution in [0.5, 0.6) is 0 Å². The molecule has 3 rings (SSSR count). The molecule has 0 spiro atoms. The number of nitrogens with zero attached hydrogens (tertiary/aromatic N) is 3. The highest BCUT2D eigenvalue weighted by Crippen LogP contribution is 2.18. The molecule has 0 N–H and O–H groups in total. The zero-order valence-corrected chi connectivity index (χ0v) is 16.3. The number of rotatable bonds is 5. The van der Waals surface area contributed by atoms with Crippen LogP contribution in [0.3, 0.4) is 0 Å². The van der Waals surface area contributed by atoms with Gasteiger partial charge in [-0.2, -0.15) is 4.57 Å². The van der Waals surface area contributed by atoms with Crippen molar-refractivity contribution in [3.63, 3.8) is 0 Å². The number of ether oxygens (including phenoxy) is 1. The third kappa shape index (κ3) is 4.30. The molecule has 144 valence electrons. The van der Waals surface area contributed by atoms with Crippen LogP contribution in [0.2, 0.25) is 0 Å². The van der Waals surface area contributed by atoms with Gasteiger partial charge >= 0.3 is 11.8 Å². The fraction of sp³-hybridized carbons (Fsp3) is 0.579. The molecular formula is C19H28ClN3O3. The highest BCUT2D eigenvalue weighted by molar-refractivity contribution is 5.86. The van der Waals surface area contributed by atoms with E-state index in [0.717, 1.165) is 42.6 Å². The van der Waals surface area contributed by atoms with Gasteiger partial charge in [0.05, 0.1) is 17.6 Å². The maximum absolute atomic E-state index is 12.5. The van der Waals surface area contributed by atoms with Crippen LogP contribution < -0.4 is 5.69 Å². The molecule has 0 unspecified atom stereocenters. The van der Waals surface area contributed by atoms with Gasteiger partial charge in [-0.05, 0) is 56.9 Å². The molecule has 26 heavy (non-hydrogen) atoms. The van der Waals surface area contributed by atoms with Crippen LogP contribution in [-0.4, -0.2) is 46.4 Å². The minimum atomic E-state index is -0.574. The lowest BCUT2D eigenvalue weighted by Gasteiger charge is -2.31. The first-order valence-electron chi connectivity index (χ1n) is 9.17. The number of fused-ring (bicyclic) bond motifs is 1. The molecule has 1 aliphatic heterocycles. The van der Waals surface area contributed by atoms with Crippen LogP contribution in [0.25, 0.3) is 11.0 Å². The predicted molar refractivity (Wildman–Crippen MR) is 105 cm³/mol. The number of imidazole rings is 1. The summed E-state index contributed by atoms with van der Waals surface area (Å²) in [6.45, 7) is 5.89. The van der Waals surface area contributed by atoms with Gasteiger partial charge in [-0.25, -0.2) is 9.59 Å². The second-order valence-corrected chi connectivity index (χ2v) is 6.88. The maximum Gasteiger partial charge on any atom is 0.422 e. The third-order valence-corrected chi connectivity index (χ3v) is 5.12. The van der Waals surface area contributed by atoms with Crippen molar-refractivity contribution >= 4 is 29.5 Å². The highest BCUT2D eigenvalue weighted by Gasteiger charge is 2.22. The number of unbranched alkanes of at least 4 members (excludes halogenated alkanes) is 1. The second-order valence-electron chi connectivity index (χ2n) is 6.88. The molecule has 2 aromatic rings. The van der Waals surface area contributed by atoms with Crippen LogP contribution in [-0.2, 0) is 11.8 Å². The Morgan fingerprint density at radius 3 is 2.50 bits per heavy atom. The summed E-state index contributed by atoms with van der Waals surface area (Å²) in [6.07, 6.45) is 3.97. The molecule has 1 aromatic carbocycles. The quantitative estimate of drug-likeness (QED) is 0.797. The van der Waals surface area contributed by atoms with Gasteiger partial charge in [-0.15, -0.1) is 12.4 Å². The van der Waals surface area contributed by atoms with Gasteiger partial charge in [0.2, 0.25) is 0 Å². The SMILES string of the molecule is CCCCN1CCC(COC(=O)n2c(=O)n(C)c3ccccc32)CC1.Cl. The normalized spacial score (nSPS) is 15.8. The van der Waals surface area contributed by atoms with Gasteiger partial charge in [-0.1, -0.05) is 25.5 Å². The van der Waals surface area contributed by atoms with E-state index in [1.807, 2.05) is 18.2 Å². The molecular weight excluding hydrogens is 354 g/mol. The summed E-state index contributed by atoms with van der Waals surface area (Å²) in [5.41, 5.74) is 0.962. The molecule has 0 radical (unpaired) electrons. The lowest BCUT2D eigenvalue weighted by molar-refractivity contribution is 0.0968. The summed E-state index contributed by atoms with van der Waals surface area (Å²) < 4.78 is 8.08. The lowest BCUT2D eigenvalue weighted by atomic mass is 9.98. The van der Waals surface area contributed by atoms with Gasteiger partial charge in [-0.3, -0.25) is 4.57 Å². The largest absolute Gasteiger partial charge is 0.449 e. The Kier molecular flexibility index (Phi) is 7.29. The molecule has 1 saturated heterocycles. The Hall–Kier alpha value is -1.79. The van der Waals surface area contributed by atoms with E-state index in [1.54, 1.807) is 13.1 Å². The molecule has 0 amide bonds. The van der Waals surface area contributed by atoms with Crippen molar-refractivity contribution in [1.29, 1.82) is 0 Å². The van der Waals surface area contributed by atoms with E-state index in [-0.39, 0.29) is 18.1 Å². The molecule has 6 nitrogen and oxygen atoms in total. The summed E-state index contributed by atoms with van der Waals surface area (Å²) in [4.78, 5) is 27.3. The lowest BCUT2D eigenvalue weighted by Crippen LogP contribution is -2.36. The van der Waals surface area contributed by atoms with Gasteiger partial charge < -0.3 is 9.64 Å². The van der Waals surface area contributed by atoms with Crippen molar-refractivity contribution < 1.29 is 9.53 Å². The maximum atomic E-state index is 12.5. The molecule has 0 saturated carbocycles. The molecule has 2 heterocycles. The first-order valence-corrected chi connectivity index (χ1v) is 9.17. The summed E-state index contributed by atoms with van der Waals surface area (Å²) in [7, 11) is 1.67. The van der Waals surface area contributed by atoms with E-state index >= 15 is 0 Å². The summed E-state index contributed by atoms with van der Waals surface area (Å²) in [5.74, 6) is 0.382. The Labute approximate surface area is 160 Å². The zero-order valence-electron chi connectivity index (χ0n) is 15.5. The van der Waals surface area contributed by atoms with Gasteiger partial charge in [0.25, 0.3) is 0 Å². The fourth-order valence-electron chi connectivity index (χ4n) is 3.48. The summed E-state index contributed by atoms with van der Waals surface area (Å²) >= 11 is 0. The fourth-order valence-corrected chi connectivity index (χ4v) is 3.48. The van der Waals surface area contributed by atoms with E-state index in [1.165, 1.54) is 17.4 Å². The number of hydrogen-bond acceptors (Lipinski definition) is 4. The van der Waals surface area contributed by atoms with Crippen molar-refractivity contribution in [2.45, 2.75) is 32.6 Å². The number of carbonyl (C=O) groups is 1. The van der Waals surface area contributed by atoms with Crippen molar-refractivity contribution in [1.82, 2.24) is 14.0 Å². The number of aryl methyl sites for hydroxylation is 1. The number of carbonyl (C=O) groups excluding carboxylic acids is 1. The first-order chi connectivity index (χ1) is 12.1. The highest BCUT2D eigenvalue weighted by atomic mass is 35.5. The van der Waals surface area contributed by atoms with Crippen LogP contribution in [0.1, 0.15) is 32.6 Å². The van der Waals surface area contributed by atoms with Gasteiger partial charge in [0.1, 0.15) is 0 Å². The number of likely N-dealkylation sites (tertiary alicyclic amines) is 1. The van der Waals surface area contributed by atoms with Gasteiger partial charge in [0.15, 0.2) is 0 Å². The molecule has 1 aliphatic rings. The van der Waals surface area contributed by atoms with E-state index in [2.05, 4.69) is 11.8 Å². The Morgan fingerprint density at radius 1 is 1.19 bits per heavy atom. The van der Waals surface area contributed by atoms with E-state index in [4.69, 9.17) is 4.74 Å². The molecule has 1 aromatic heterocycles. The van der Waals surface area contributed by atoms with Crippen LogP contribution in [0.4, 0.5) is 4.79 Å². The summed E-state index contributed by atoms with van der Waals surface area (Å²) in [5, 5.41) is 0. The minimum Gasteiger partial charge on any atom is -0.449 e. The van der Waals surface area contributed by atoms with Crippen molar-refractivity contribution in [3.05, 3.63) is 34.7 Å². The monoisotopic (exact) mass is 381 g/mol. The van der Waals surface area contributed by atoms with E-state index in [9.17, 15) is 9.59 Å². The Morgan fingerprint density at radius 2 is 1.85 bits per heavy atom. The number of piperidine rings is 1. The minimum absolute atomic E-state index is 0.